The summed E-state index contributed by atoms with van der Waals surface area (Å²) < 4.78 is 22.4. The SMILES string of the molecule is CC(CCOCC[NH3+])OCCOc1ccccc1COC(=O)C(Cl)c1ccccc1. The lowest BCUT2D eigenvalue weighted by molar-refractivity contribution is -0.374. The number of hydrogen-bond donors (Lipinski definition) is 1. The highest BCUT2D eigenvalue weighted by Gasteiger charge is 2.19. The number of rotatable bonds is 14. The number of ether oxygens (including phenoxy) is 4. The molecule has 2 rings (SSSR count). The van der Waals surface area contributed by atoms with Crippen LogP contribution in [0.5, 0.6) is 5.75 Å². The Labute approximate surface area is 183 Å². The first-order valence-electron chi connectivity index (χ1n) is 10.2. The lowest BCUT2D eigenvalue weighted by atomic mass is 10.1. The van der Waals surface area contributed by atoms with Gasteiger partial charge in [-0.25, -0.2) is 0 Å². The van der Waals surface area contributed by atoms with Crippen LogP contribution in [-0.2, 0) is 25.6 Å². The molecule has 2 unspecified atom stereocenters. The molecule has 0 aliphatic rings. The van der Waals surface area contributed by atoms with E-state index in [1.54, 1.807) is 12.1 Å². The normalized spacial score (nSPS) is 12.9. The van der Waals surface area contributed by atoms with Crippen molar-refractivity contribution in [2.45, 2.75) is 31.4 Å². The predicted molar refractivity (Wildman–Crippen MR) is 115 cm³/mol. The Morgan fingerprint density at radius 2 is 1.73 bits per heavy atom. The first-order chi connectivity index (χ1) is 14.6. The second-order valence-electron chi connectivity index (χ2n) is 6.77. The first-order valence-corrected chi connectivity index (χ1v) is 10.6. The second kappa shape index (κ2) is 14.0. The summed E-state index contributed by atoms with van der Waals surface area (Å²) in [6, 6.07) is 16.6. The second-order valence-corrected chi connectivity index (χ2v) is 7.21. The molecule has 0 spiro atoms. The minimum Gasteiger partial charge on any atom is -0.491 e. The molecule has 0 bridgehead atoms. The van der Waals surface area contributed by atoms with Crippen LogP contribution in [0.4, 0.5) is 0 Å². The third-order valence-corrected chi connectivity index (χ3v) is 4.77. The van der Waals surface area contributed by atoms with Crippen LogP contribution < -0.4 is 10.5 Å². The Kier molecular flexibility index (Phi) is 11.3. The van der Waals surface area contributed by atoms with Crippen molar-refractivity contribution < 1.29 is 29.5 Å². The number of hydrogen-bond acceptors (Lipinski definition) is 5. The summed E-state index contributed by atoms with van der Waals surface area (Å²) in [5, 5.41) is -0.841. The van der Waals surface area contributed by atoms with Gasteiger partial charge in [0.25, 0.3) is 0 Å². The number of quaternary nitrogens is 1. The zero-order chi connectivity index (χ0) is 21.6. The van der Waals surface area contributed by atoms with Crippen molar-refractivity contribution in [3.8, 4) is 5.75 Å². The van der Waals surface area contributed by atoms with E-state index < -0.39 is 11.3 Å². The molecule has 2 atom stereocenters. The standard InChI is InChI=1S/C23H30ClNO5/c1-18(11-13-27-14-12-25)28-15-16-29-21-10-6-5-9-20(21)17-30-23(26)22(24)19-7-3-2-4-8-19/h2-10,18,22H,11-17,25H2,1H3/p+1. The van der Waals surface area contributed by atoms with Gasteiger partial charge in [-0.05, 0) is 25.0 Å². The van der Waals surface area contributed by atoms with E-state index in [2.05, 4.69) is 5.73 Å². The summed E-state index contributed by atoms with van der Waals surface area (Å²) in [5.41, 5.74) is 5.22. The van der Waals surface area contributed by atoms with Gasteiger partial charge in [0.05, 0.1) is 25.9 Å². The van der Waals surface area contributed by atoms with Crippen molar-refractivity contribution in [3.63, 3.8) is 0 Å². The van der Waals surface area contributed by atoms with E-state index in [1.165, 1.54) is 0 Å². The third kappa shape index (κ3) is 8.71. The fourth-order valence-electron chi connectivity index (χ4n) is 2.68. The summed E-state index contributed by atoms with van der Waals surface area (Å²) in [6.45, 7) is 5.07. The van der Waals surface area contributed by atoms with Crippen LogP contribution in [0.3, 0.4) is 0 Å². The summed E-state index contributed by atoms with van der Waals surface area (Å²) >= 11 is 6.21. The maximum Gasteiger partial charge on any atom is 0.328 e. The summed E-state index contributed by atoms with van der Waals surface area (Å²) in [6.07, 6.45) is 0.918. The smallest absolute Gasteiger partial charge is 0.328 e. The van der Waals surface area contributed by atoms with Gasteiger partial charge in [-0.3, -0.25) is 4.79 Å². The molecule has 164 valence electrons. The van der Waals surface area contributed by atoms with Crippen LogP contribution in [0.1, 0.15) is 29.8 Å². The Bertz CT molecular complexity index is 743. The van der Waals surface area contributed by atoms with Gasteiger partial charge in [0.2, 0.25) is 0 Å². The summed E-state index contributed by atoms with van der Waals surface area (Å²) in [4.78, 5) is 12.3. The molecule has 2 aromatic carbocycles. The number of alkyl halides is 1. The van der Waals surface area contributed by atoms with Crippen molar-refractivity contribution in [3.05, 3.63) is 65.7 Å². The molecule has 0 aromatic heterocycles. The van der Waals surface area contributed by atoms with Crippen molar-refractivity contribution in [2.75, 3.05) is 33.0 Å². The average molecular weight is 437 g/mol. The van der Waals surface area contributed by atoms with Gasteiger partial charge in [-0.1, -0.05) is 48.5 Å². The minimum atomic E-state index is -0.841. The average Bonchev–Trinajstić information content (AvgIpc) is 2.78. The van der Waals surface area contributed by atoms with Crippen molar-refractivity contribution in [1.29, 1.82) is 0 Å². The molecule has 0 aliphatic carbocycles. The van der Waals surface area contributed by atoms with Crippen molar-refractivity contribution >= 4 is 17.6 Å². The van der Waals surface area contributed by atoms with Crippen LogP contribution in [0.15, 0.2) is 54.6 Å². The van der Waals surface area contributed by atoms with Crippen LogP contribution in [0.2, 0.25) is 0 Å². The molecule has 0 aliphatic heterocycles. The third-order valence-electron chi connectivity index (χ3n) is 4.34. The van der Waals surface area contributed by atoms with E-state index in [0.29, 0.717) is 37.7 Å². The van der Waals surface area contributed by atoms with Gasteiger partial charge < -0.3 is 24.7 Å². The van der Waals surface area contributed by atoms with Gasteiger partial charge in [0.15, 0.2) is 5.38 Å². The molecule has 0 saturated heterocycles. The minimum absolute atomic E-state index is 0.0892. The molecule has 30 heavy (non-hydrogen) atoms. The van der Waals surface area contributed by atoms with Gasteiger partial charge in [-0.2, -0.15) is 0 Å². The monoisotopic (exact) mass is 436 g/mol. The highest BCUT2D eigenvalue weighted by atomic mass is 35.5. The van der Waals surface area contributed by atoms with E-state index in [0.717, 1.165) is 18.5 Å². The molecule has 7 heteroatoms. The van der Waals surface area contributed by atoms with E-state index in [9.17, 15) is 4.79 Å². The Morgan fingerprint density at radius 3 is 2.50 bits per heavy atom. The van der Waals surface area contributed by atoms with Crippen LogP contribution in [0, 0.1) is 0 Å². The van der Waals surface area contributed by atoms with Gasteiger partial charge in [0, 0.05) is 12.2 Å². The lowest BCUT2D eigenvalue weighted by Gasteiger charge is -2.15. The molecule has 0 radical (unpaired) electrons. The zero-order valence-corrected chi connectivity index (χ0v) is 18.2. The molecule has 3 N–H and O–H groups in total. The first kappa shape index (κ1) is 24.2. The van der Waals surface area contributed by atoms with Crippen molar-refractivity contribution in [1.82, 2.24) is 0 Å². The van der Waals surface area contributed by atoms with E-state index in [-0.39, 0.29) is 12.7 Å². The highest BCUT2D eigenvalue weighted by molar-refractivity contribution is 6.29. The van der Waals surface area contributed by atoms with Crippen LogP contribution >= 0.6 is 11.6 Å². The fraction of sp³-hybridized carbons (Fsp3) is 0.435. The van der Waals surface area contributed by atoms with Gasteiger partial charge >= 0.3 is 5.97 Å². The summed E-state index contributed by atoms with van der Waals surface area (Å²) in [7, 11) is 0. The van der Waals surface area contributed by atoms with Crippen LogP contribution in [-0.4, -0.2) is 45.0 Å². The summed E-state index contributed by atoms with van der Waals surface area (Å²) in [5.74, 6) is 0.169. The zero-order valence-electron chi connectivity index (χ0n) is 17.4. The number of halogens is 1. The number of benzene rings is 2. The molecule has 0 heterocycles. The Hall–Kier alpha value is -2.12. The molecule has 0 amide bonds. The Balaban J connectivity index is 1.74. The van der Waals surface area contributed by atoms with E-state index in [1.807, 2.05) is 49.4 Å². The fourth-order valence-corrected chi connectivity index (χ4v) is 2.89. The number of para-hydroxylation sites is 1. The van der Waals surface area contributed by atoms with Crippen molar-refractivity contribution in [2.24, 2.45) is 0 Å². The quantitative estimate of drug-likeness (QED) is 0.279. The molecule has 2 aromatic rings. The molecular weight excluding hydrogens is 406 g/mol. The van der Waals surface area contributed by atoms with Gasteiger partial charge in [-0.15, -0.1) is 11.6 Å². The lowest BCUT2D eigenvalue weighted by Crippen LogP contribution is -2.52. The predicted octanol–water partition coefficient (Wildman–Crippen LogP) is 3.14. The molecular formula is C23H31ClNO5+. The highest BCUT2D eigenvalue weighted by Crippen LogP contribution is 2.24. The maximum atomic E-state index is 12.3. The maximum absolute atomic E-state index is 12.3. The van der Waals surface area contributed by atoms with E-state index >= 15 is 0 Å². The number of carbonyl (C=O) groups is 1. The van der Waals surface area contributed by atoms with E-state index in [4.69, 9.17) is 30.5 Å². The Morgan fingerprint density at radius 1 is 1.00 bits per heavy atom. The molecule has 6 nitrogen and oxygen atoms in total. The van der Waals surface area contributed by atoms with Gasteiger partial charge in [0.1, 0.15) is 19.0 Å². The topological polar surface area (TPSA) is 81.6 Å². The largest absolute Gasteiger partial charge is 0.491 e. The number of carbonyl (C=O) groups excluding carboxylic acids is 1. The molecule has 0 saturated carbocycles. The molecule has 0 fully saturated rings. The van der Waals surface area contributed by atoms with Crippen LogP contribution in [0.25, 0.3) is 0 Å². The number of esters is 1.